The van der Waals surface area contributed by atoms with E-state index in [1.165, 1.54) is 6.92 Å². The standard InChI is InChI=1S/C15H12BrN3O2/c1-10(20)21-15(16)11-6-2-5-9-14(11)19-17-12-7-3-4-8-13(12)18-19/h2-9,15H,1H3. The third-order valence-corrected chi connectivity index (χ3v) is 3.63. The molecular formula is C15H12BrN3O2. The van der Waals surface area contributed by atoms with Gasteiger partial charge in [0.1, 0.15) is 11.0 Å². The van der Waals surface area contributed by atoms with Crippen molar-refractivity contribution in [1.82, 2.24) is 15.0 Å². The first-order valence-corrected chi connectivity index (χ1v) is 7.29. The van der Waals surface area contributed by atoms with Gasteiger partial charge in [-0.3, -0.25) is 4.79 Å². The molecule has 106 valence electrons. The number of rotatable bonds is 3. The highest BCUT2D eigenvalue weighted by atomic mass is 79.9. The molecule has 1 unspecified atom stereocenters. The van der Waals surface area contributed by atoms with E-state index in [9.17, 15) is 4.79 Å². The van der Waals surface area contributed by atoms with Gasteiger partial charge in [0.2, 0.25) is 0 Å². The van der Waals surface area contributed by atoms with Gasteiger partial charge in [-0.05, 0) is 34.1 Å². The molecule has 1 heterocycles. The number of esters is 1. The molecule has 0 amide bonds. The lowest BCUT2D eigenvalue weighted by Gasteiger charge is -2.14. The van der Waals surface area contributed by atoms with E-state index in [1.807, 2.05) is 48.5 Å². The number of aromatic nitrogens is 3. The normalized spacial score (nSPS) is 12.3. The van der Waals surface area contributed by atoms with Gasteiger partial charge >= 0.3 is 5.97 Å². The Hall–Kier alpha value is -2.21. The van der Waals surface area contributed by atoms with Gasteiger partial charge in [-0.1, -0.05) is 30.3 Å². The van der Waals surface area contributed by atoms with Gasteiger partial charge in [0, 0.05) is 12.5 Å². The molecule has 0 fully saturated rings. The van der Waals surface area contributed by atoms with Crippen LogP contribution >= 0.6 is 15.9 Å². The van der Waals surface area contributed by atoms with Gasteiger partial charge in [0.25, 0.3) is 0 Å². The molecule has 2 aromatic carbocycles. The smallest absolute Gasteiger partial charge is 0.304 e. The quantitative estimate of drug-likeness (QED) is 0.539. The summed E-state index contributed by atoms with van der Waals surface area (Å²) in [6, 6.07) is 15.1. The van der Waals surface area contributed by atoms with Gasteiger partial charge < -0.3 is 4.74 Å². The van der Waals surface area contributed by atoms with E-state index in [0.29, 0.717) is 0 Å². The fourth-order valence-corrected chi connectivity index (χ4v) is 2.69. The summed E-state index contributed by atoms with van der Waals surface area (Å²) in [7, 11) is 0. The highest BCUT2D eigenvalue weighted by Crippen LogP contribution is 2.29. The second kappa shape index (κ2) is 5.65. The molecular weight excluding hydrogens is 334 g/mol. The van der Waals surface area contributed by atoms with Crippen LogP contribution in [0.1, 0.15) is 17.5 Å². The second-order valence-electron chi connectivity index (χ2n) is 4.46. The molecule has 0 saturated heterocycles. The zero-order valence-electron chi connectivity index (χ0n) is 11.2. The first-order valence-electron chi connectivity index (χ1n) is 6.38. The van der Waals surface area contributed by atoms with Crippen molar-refractivity contribution in [2.45, 2.75) is 11.9 Å². The molecule has 6 heteroatoms. The lowest BCUT2D eigenvalue weighted by molar-refractivity contribution is -0.142. The van der Waals surface area contributed by atoms with Crippen LogP contribution in [0.4, 0.5) is 0 Å². The summed E-state index contributed by atoms with van der Waals surface area (Å²) in [5.41, 5.74) is 3.17. The van der Waals surface area contributed by atoms with Crippen molar-refractivity contribution in [2.75, 3.05) is 0 Å². The maximum atomic E-state index is 11.1. The maximum Gasteiger partial charge on any atom is 0.304 e. The van der Waals surface area contributed by atoms with Crippen LogP contribution in [0.5, 0.6) is 0 Å². The number of hydrogen-bond acceptors (Lipinski definition) is 4. The first-order chi connectivity index (χ1) is 10.1. The molecule has 0 aliphatic heterocycles. The van der Waals surface area contributed by atoms with Crippen molar-refractivity contribution in [1.29, 1.82) is 0 Å². The van der Waals surface area contributed by atoms with Gasteiger partial charge in [-0.15, -0.1) is 15.0 Å². The Morgan fingerprint density at radius 1 is 1.10 bits per heavy atom. The first kappa shape index (κ1) is 13.8. The van der Waals surface area contributed by atoms with Crippen molar-refractivity contribution >= 4 is 32.9 Å². The highest BCUT2D eigenvalue weighted by Gasteiger charge is 2.17. The van der Waals surface area contributed by atoms with Crippen molar-refractivity contribution < 1.29 is 9.53 Å². The van der Waals surface area contributed by atoms with Crippen LogP contribution in [0.2, 0.25) is 0 Å². The molecule has 0 N–H and O–H groups in total. The van der Waals surface area contributed by atoms with Crippen LogP contribution in [0.15, 0.2) is 48.5 Å². The predicted octanol–water partition coefficient (Wildman–Crippen LogP) is 3.38. The minimum absolute atomic E-state index is 0.356. The average Bonchev–Trinajstić information content (AvgIpc) is 2.90. The Morgan fingerprint density at radius 3 is 2.29 bits per heavy atom. The van der Waals surface area contributed by atoms with E-state index >= 15 is 0 Å². The van der Waals surface area contributed by atoms with Crippen molar-refractivity contribution in [3.05, 3.63) is 54.1 Å². The van der Waals surface area contributed by atoms with E-state index < -0.39 is 5.01 Å². The second-order valence-corrected chi connectivity index (χ2v) is 5.29. The predicted molar refractivity (Wildman–Crippen MR) is 82.3 cm³/mol. The Balaban J connectivity index is 2.07. The number of carbonyl (C=O) groups excluding carboxylic acids is 1. The summed E-state index contributed by atoms with van der Waals surface area (Å²) in [6.07, 6.45) is 0. The Labute approximate surface area is 129 Å². The fraction of sp³-hybridized carbons (Fsp3) is 0.133. The van der Waals surface area contributed by atoms with Crippen LogP contribution < -0.4 is 0 Å². The number of hydrogen-bond donors (Lipinski definition) is 0. The third kappa shape index (κ3) is 2.80. The largest absolute Gasteiger partial charge is 0.446 e. The number of carbonyl (C=O) groups is 1. The molecule has 0 bridgehead atoms. The Kier molecular flexibility index (Phi) is 3.70. The number of nitrogens with zero attached hydrogens (tertiary/aromatic N) is 3. The van der Waals surface area contributed by atoms with E-state index in [0.717, 1.165) is 22.3 Å². The molecule has 0 spiro atoms. The minimum Gasteiger partial charge on any atom is -0.446 e. The van der Waals surface area contributed by atoms with Gasteiger partial charge in [0.05, 0.1) is 5.69 Å². The van der Waals surface area contributed by atoms with Crippen LogP contribution in [0.3, 0.4) is 0 Å². The summed E-state index contributed by atoms with van der Waals surface area (Å²) in [6.45, 7) is 1.37. The molecule has 3 rings (SSSR count). The molecule has 0 saturated carbocycles. The summed E-state index contributed by atoms with van der Waals surface area (Å²) in [5.74, 6) is -0.356. The van der Waals surface area contributed by atoms with Gasteiger partial charge in [-0.25, -0.2) is 0 Å². The van der Waals surface area contributed by atoms with Crippen LogP contribution in [0, 0.1) is 0 Å². The zero-order chi connectivity index (χ0) is 14.8. The van der Waals surface area contributed by atoms with Crippen LogP contribution in [-0.4, -0.2) is 21.0 Å². The molecule has 21 heavy (non-hydrogen) atoms. The number of benzene rings is 2. The van der Waals surface area contributed by atoms with Gasteiger partial charge in [0.15, 0.2) is 5.01 Å². The van der Waals surface area contributed by atoms with E-state index in [4.69, 9.17) is 4.74 Å². The molecule has 3 aromatic rings. The monoisotopic (exact) mass is 345 g/mol. The van der Waals surface area contributed by atoms with Crippen LogP contribution in [0.25, 0.3) is 16.7 Å². The average molecular weight is 346 g/mol. The number of halogens is 1. The number of ether oxygens (including phenoxy) is 1. The molecule has 1 atom stereocenters. The topological polar surface area (TPSA) is 57.0 Å². The molecule has 1 aromatic heterocycles. The summed E-state index contributed by atoms with van der Waals surface area (Å²) < 4.78 is 5.18. The molecule has 0 aliphatic rings. The molecule has 0 aliphatic carbocycles. The van der Waals surface area contributed by atoms with Crippen molar-refractivity contribution in [3.8, 4) is 5.69 Å². The lowest BCUT2D eigenvalue weighted by Crippen LogP contribution is -2.08. The van der Waals surface area contributed by atoms with E-state index in [2.05, 4.69) is 26.1 Å². The van der Waals surface area contributed by atoms with Gasteiger partial charge in [-0.2, -0.15) is 0 Å². The SMILES string of the molecule is CC(=O)OC(Br)c1ccccc1-n1nc2ccccc2n1. The number of para-hydroxylation sites is 1. The summed E-state index contributed by atoms with van der Waals surface area (Å²) >= 11 is 3.37. The van der Waals surface area contributed by atoms with E-state index in [1.54, 1.807) is 4.80 Å². The lowest BCUT2D eigenvalue weighted by atomic mass is 10.2. The number of alkyl halides is 1. The fourth-order valence-electron chi connectivity index (χ4n) is 2.04. The van der Waals surface area contributed by atoms with Crippen LogP contribution in [-0.2, 0) is 9.53 Å². The highest BCUT2D eigenvalue weighted by molar-refractivity contribution is 9.09. The third-order valence-electron chi connectivity index (χ3n) is 2.95. The summed E-state index contributed by atoms with van der Waals surface area (Å²) in [5, 5.41) is 8.36. The zero-order valence-corrected chi connectivity index (χ0v) is 12.8. The Bertz CT molecular complexity index is 767. The van der Waals surface area contributed by atoms with E-state index in [-0.39, 0.29) is 5.97 Å². The molecule has 0 radical (unpaired) electrons. The minimum atomic E-state index is -0.541. The van der Waals surface area contributed by atoms with Crippen molar-refractivity contribution in [2.24, 2.45) is 0 Å². The number of fused-ring (bicyclic) bond motifs is 1. The maximum absolute atomic E-state index is 11.1. The van der Waals surface area contributed by atoms with Crippen molar-refractivity contribution in [3.63, 3.8) is 0 Å². The summed E-state index contributed by atoms with van der Waals surface area (Å²) in [4.78, 5) is 12.7. The molecule has 5 nitrogen and oxygen atoms in total. The Morgan fingerprint density at radius 2 is 1.67 bits per heavy atom.